The highest BCUT2D eigenvalue weighted by atomic mass is 16.5. The van der Waals surface area contributed by atoms with Crippen LogP contribution < -0.4 is 10.6 Å². The van der Waals surface area contributed by atoms with Gasteiger partial charge in [-0.05, 0) is 35.6 Å². The first kappa shape index (κ1) is 21.8. The number of carboxylic acids is 1. The molecule has 2 unspecified atom stereocenters. The van der Waals surface area contributed by atoms with Gasteiger partial charge in [-0.15, -0.1) is 0 Å². The van der Waals surface area contributed by atoms with Crippen molar-refractivity contribution in [3.8, 4) is 11.1 Å². The van der Waals surface area contributed by atoms with Gasteiger partial charge in [0.1, 0.15) is 6.61 Å². The van der Waals surface area contributed by atoms with E-state index in [1.54, 1.807) is 6.92 Å². The number of rotatable bonds is 7. The third kappa shape index (κ3) is 4.60. The zero-order chi connectivity index (χ0) is 22.7. The van der Waals surface area contributed by atoms with E-state index in [2.05, 4.69) is 22.8 Å². The van der Waals surface area contributed by atoms with Crippen LogP contribution in [0.2, 0.25) is 0 Å². The Morgan fingerprint density at radius 2 is 1.72 bits per heavy atom. The van der Waals surface area contributed by atoms with Crippen LogP contribution in [0.1, 0.15) is 36.8 Å². The maximum Gasteiger partial charge on any atom is 0.407 e. The summed E-state index contributed by atoms with van der Waals surface area (Å²) < 4.78 is 10.6. The summed E-state index contributed by atoms with van der Waals surface area (Å²) in [6, 6.07) is 15.1. The molecule has 32 heavy (non-hydrogen) atoms. The molecule has 2 aromatic rings. The summed E-state index contributed by atoms with van der Waals surface area (Å²) in [6.07, 6.45) is -1.19. The molecular weight excluding hydrogens is 412 g/mol. The summed E-state index contributed by atoms with van der Waals surface area (Å²) in [4.78, 5) is 35.7. The first-order valence-electron chi connectivity index (χ1n) is 10.7. The number of amides is 2. The molecule has 0 radical (unpaired) electrons. The van der Waals surface area contributed by atoms with Crippen molar-refractivity contribution < 1.29 is 29.0 Å². The minimum absolute atomic E-state index is 0.00698. The van der Waals surface area contributed by atoms with Crippen LogP contribution in [0.5, 0.6) is 0 Å². The highest BCUT2D eigenvalue weighted by Crippen LogP contribution is 2.44. The van der Waals surface area contributed by atoms with Crippen molar-refractivity contribution in [3.05, 3.63) is 59.7 Å². The molecule has 1 aliphatic heterocycles. The van der Waals surface area contributed by atoms with Gasteiger partial charge in [0.05, 0.1) is 6.04 Å². The predicted molar refractivity (Wildman–Crippen MR) is 116 cm³/mol. The molecule has 0 spiro atoms. The number of alkyl carbamates (subject to hydrolysis) is 1. The number of ether oxygens (including phenoxy) is 2. The number of benzene rings is 2. The number of nitrogens with one attached hydrogen (secondary N) is 2. The molecule has 1 fully saturated rings. The summed E-state index contributed by atoms with van der Waals surface area (Å²) >= 11 is 0. The molecular formula is C24H26N2O6. The van der Waals surface area contributed by atoms with Crippen LogP contribution in [-0.2, 0) is 19.1 Å². The van der Waals surface area contributed by atoms with Gasteiger partial charge in [0.25, 0.3) is 0 Å². The second-order valence-electron chi connectivity index (χ2n) is 8.17. The van der Waals surface area contributed by atoms with Crippen LogP contribution in [-0.4, -0.2) is 54.5 Å². The molecule has 8 nitrogen and oxygen atoms in total. The fourth-order valence-corrected chi connectivity index (χ4v) is 4.42. The van der Waals surface area contributed by atoms with E-state index in [0.717, 1.165) is 22.3 Å². The summed E-state index contributed by atoms with van der Waals surface area (Å²) in [6.45, 7) is 2.18. The smallest absolute Gasteiger partial charge is 0.407 e. The Balaban J connectivity index is 1.28. The topological polar surface area (TPSA) is 114 Å². The van der Waals surface area contributed by atoms with Gasteiger partial charge in [-0.1, -0.05) is 48.5 Å². The van der Waals surface area contributed by atoms with E-state index >= 15 is 0 Å². The fraction of sp³-hybridized carbons (Fsp3) is 0.375. The molecule has 0 bridgehead atoms. The average molecular weight is 438 g/mol. The minimum atomic E-state index is -1.10. The lowest BCUT2D eigenvalue weighted by Gasteiger charge is -2.19. The van der Waals surface area contributed by atoms with E-state index < -0.39 is 30.3 Å². The number of carboxylic acid groups (broad SMARTS) is 1. The number of hydrogen-bond donors (Lipinski definition) is 3. The van der Waals surface area contributed by atoms with Crippen molar-refractivity contribution in [2.24, 2.45) is 0 Å². The van der Waals surface area contributed by atoms with Gasteiger partial charge in [0.15, 0.2) is 6.10 Å². The number of fused-ring (bicyclic) bond motifs is 3. The molecule has 1 heterocycles. The highest BCUT2D eigenvalue weighted by Gasteiger charge is 2.35. The van der Waals surface area contributed by atoms with Gasteiger partial charge < -0.3 is 25.2 Å². The molecule has 2 amide bonds. The van der Waals surface area contributed by atoms with Gasteiger partial charge >= 0.3 is 12.1 Å². The second kappa shape index (κ2) is 9.40. The van der Waals surface area contributed by atoms with Crippen molar-refractivity contribution in [2.75, 3.05) is 13.2 Å². The van der Waals surface area contributed by atoms with Crippen LogP contribution in [0, 0.1) is 0 Å². The molecule has 8 heteroatoms. The van der Waals surface area contributed by atoms with E-state index in [9.17, 15) is 14.4 Å². The summed E-state index contributed by atoms with van der Waals surface area (Å²) in [7, 11) is 0. The number of carbonyl (C=O) groups is 3. The van der Waals surface area contributed by atoms with Crippen LogP contribution >= 0.6 is 0 Å². The minimum Gasteiger partial charge on any atom is -0.479 e. The van der Waals surface area contributed by atoms with E-state index in [0.29, 0.717) is 6.42 Å². The molecule has 168 valence electrons. The number of carbonyl (C=O) groups excluding carboxylic acids is 2. The van der Waals surface area contributed by atoms with Gasteiger partial charge in [-0.3, -0.25) is 4.79 Å². The Bertz CT molecular complexity index is 978. The average Bonchev–Trinajstić information content (AvgIpc) is 3.34. The third-order valence-corrected chi connectivity index (χ3v) is 5.88. The van der Waals surface area contributed by atoms with Crippen molar-refractivity contribution >= 4 is 18.0 Å². The van der Waals surface area contributed by atoms with Crippen LogP contribution in [0.25, 0.3) is 11.1 Å². The van der Waals surface area contributed by atoms with E-state index in [1.165, 1.54) is 0 Å². The molecule has 2 aliphatic rings. The Labute approximate surface area is 185 Å². The maximum absolute atomic E-state index is 12.3. The highest BCUT2D eigenvalue weighted by molar-refractivity contribution is 5.81. The summed E-state index contributed by atoms with van der Waals surface area (Å²) in [5, 5.41) is 14.5. The molecule has 1 aliphatic carbocycles. The number of aliphatic carboxylic acids is 1. The van der Waals surface area contributed by atoms with E-state index in [4.69, 9.17) is 14.6 Å². The van der Waals surface area contributed by atoms with Crippen LogP contribution in [0.15, 0.2) is 48.5 Å². The first-order chi connectivity index (χ1) is 15.4. The number of hydrogen-bond acceptors (Lipinski definition) is 5. The van der Waals surface area contributed by atoms with Crippen molar-refractivity contribution in [3.63, 3.8) is 0 Å². The van der Waals surface area contributed by atoms with Crippen LogP contribution in [0.4, 0.5) is 4.79 Å². The van der Waals surface area contributed by atoms with Crippen molar-refractivity contribution in [2.45, 2.75) is 43.9 Å². The zero-order valence-corrected chi connectivity index (χ0v) is 17.7. The fourth-order valence-electron chi connectivity index (χ4n) is 4.42. The SMILES string of the molecule is C[C@H](CC(=O)NC1CCOC1C(=O)O)NC(=O)OCC1c2ccccc2-c2ccccc21. The molecule has 2 aromatic carbocycles. The van der Waals surface area contributed by atoms with Crippen molar-refractivity contribution in [1.82, 2.24) is 10.6 Å². The van der Waals surface area contributed by atoms with Gasteiger partial charge in [0, 0.05) is 25.0 Å². The molecule has 3 N–H and O–H groups in total. The summed E-state index contributed by atoms with van der Waals surface area (Å²) in [5.41, 5.74) is 4.55. The quantitative estimate of drug-likeness (QED) is 0.612. The molecule has 4 rings (SSSR count). The normalized spacial score (nSPS) is 20.2. The van der Waals surface area contributed by atoms with E-state index in [-0.39, 0.29) is 31.5 Å². The zero-order valence-electron chi connectivity index (χ0n) is 17.7. The van der Waals surface area contributed by atoms with Gasteiger partial charge in [-0.2, -0.15) is 0 Å². The third-order valence-electron chi connectivity index (χ3n) is 5.88. The summed E-state index contributed by atoms with van der Waals surface area (Å²) in [5.74, 6) is -1.49. The first-order valence-corrected chi connectivity index (χ1v) is 10.7. The lowest BCUT2D eigenvalue weighted by Crippen LogP contribution is -2.46. The molecule has 0 aromatic heterocycles. The largest absolute Gasteiger partial charge is 0.479 e. The second-order valence-corrected chi connectivity index (χ2v) is 8.17. The van der Waals surface area contributed by atoms with Gasteiger partial charge in [0.2, 0.25) is 5.91 Å². The van der Waals surface area contributed by atoms with Crippen LogP contribution in [0.3, 0.4) is 0 Å². The van der Waals surface area contributed by atoms with Crippen molar-refractivity contribution in [1.29, 1.82) is 0 Å². The maximum atomic E-state index is 12.3. The molecule has 3 atom stereocenters. The molecule has 1 saturated heterocycles. The lowest BCUT2D eigenvalue weighted by atomic mass is 9.98. The Hall–Kier alpha value is -3.39. The van der Waals surface area contributed by atoms with Gasteiger partial charge in [-0.25, -0.2) is 9.59 Å². The Morgan fingerprint density at radius 3 is 2.34 bits per heavy atom. The Morgan fingerprint density at radius 1 is 1.09 bits per heavy atom. The molecule has 0 saturated carbocycles. The van der Waals surface area contributed by atoms with E-state index in [1.807, 2.05) is 36.4 Å². The predicted octanol–water partition coefficient (Wildman–Crippen LogP) is 2.66. The standard InChI is InChI=1S/C24H26N2O6/c1-14(12-21(27)26-20-10-11-31-22(20)23(28)29)25-24(30)32-13-19-17-8-4-2-6-15(17)16-7-3-5-9-18(16)19/h2-9,14,19-20,22H,10-13H2,1H3,(H,25,30)(H,26,27)(H,28,29)/t14-,20?,22?/m1/s1. The Kier molecular flexibility index (Phi) is 6.41. The lowest BCUT2D eigenvalue weighted by molar-refractivity contribution is -0.148. The monoisotopic (exact) mass is 438 g/mol.